The first-order chi connectivity index (χ1) is 7.56. The van der Waals surface area contributed by atoms with Crippen molar-refractivity contribution in [2.75, 3.05) is 7.11 Å². The first-order valence-corrected chi connectivity index (χ1v) is 5.75. The number of methoxy groups -OCH3 is 1. The van der Waals surface area contributed by atoms with Crippen LogP contribution in [-0.2, 0) is 0 Å². The predicted octanol–water partition coefficient (Wildman–Crippen LogP) is 3.21. The third-order valence-corrected chi connectivity index (χ3v) is 3.44. The molecule has 0 radical (unpaired) electrons. The van der Waals surface area contributed by atoms with Crippen LogP contribution < -0.4 is 4.74 Å². The lowest BCUT2D eigenvalue weighted by Gasteiger charge is -2.14. The van der Waals surface area contributed by atoms with Crippen molar-refractivity contribution in [2.24, 2.45) is 5.92 Å². The van der Waals surface area contributed by atoms with E-state index in [1.807, 2.05) is 26.8 Å². The molecule has 1 saturated carbocycles. The summed E-state index contributed by atoms with van der Waals surface area (Å²) < 4.78 is 5.36. The first kappa shape index (κ1) is 11.2. The highest BCUT2D eigenvalue weighted by Gasteiger charge is 2.31. The molecule has 16 heavy (non-hydrogen) atoms. The van der Waals surface area contributed by atoms with Crippen molar-refractivity contribution in [3.05, 3.63) is 28.3 Å². The highest BCUT2D eigenvalue weighted by Crippen LogP contribution is 2.36. The highest BCUT2D eigenvalue weighted by molar-refractivity contribution is 6.01. The van der Waals surface area contributed by atoms with Crippen molar-refractivity contribution in [3.63, 3.8) is 0 Å². The predicted molar refractivity (Wildman–Crippen MR) is 64.3 cm³/mol. The molecule has 2 nitrogen and oxygen atoms in total. The van der Waals surface area contributed by atoms with Crippen molar-refractivity contribution in [3.8, 4) is 5.75 Å². The second kappa shape index (κ2) is 3.93. The van der Waals surface area contributed by atoms with Crippen molar-refractivity contribution < 1.29 is 9.53 Å². The van der Waals surface area contributed by atoms with Gasteiger partial charge in [0.1, 0.15) is 5.75 Å². The van der Waals surface area contributed by atoms with Crippen molar-refractivity contribution in [1.29, 1.82) is 0 Å². The van der Waals surface area contributed by atoms with Crippen LogP contribution in [0.1, 0.15) is 39.9 Å². The molecule has 1 aliphatic rings. The summed E-state index contributed by atoms with van der Waals surface area (Å²) in [6.07, 6.45) is 2.12. The van der Waals surface area contributed by atoms with E-state index in [2.05, 4.69) is 0 Å². The van der Waals surface area contributed by atoms with E-state index in [1.54, 1.807) is 7.11 Å². The van der Waals surface area contributed by atoms with Gasteiger partial charge in [-0.3, -0.25) is 4.79 Å². The number of benzene rings is 1. The van der Waals surface area contributed by atoms with Crippen molar-refractivity contribution in [1.82, 2.24) is 0 Å². The van der Waals surface area contributed by atoms with E-state index in [-0.39, 0.29) is 5.92 Å². The third kappa shape index (κ3) is 1.73. The number of ether oxygens (including phenoxy) is 1. The number of aryl methyl sites for hydroxylation is 1. The van der Waals surface area contributed by atoms with Crippen LogP contribution >= 0.6 is 0 Å². The fourth-order valence-electron chi connectivity index (χ4n) is 2.19. The van der Waals surface area contributed by atoms with Gasteiger partial charge in [0.15, 0.2) is 5.78 Å². The van der Waals surface area contributed by atoms with Gasteiger partial charge in [-0.05, 0) is 56.4 Å². The van der Waals surface area contributed by atoms with Crippen LogP contribution in [0.25, 0.3) is 0 Å². The Balaban J connectivity index is 2.50. The molecule has 86 valence electrons. The molecule has 0 heterocycles. The minimum atomic E-state index is 0.283. The summed E-state index contributed by atoms with van der Waals surface area (Å²) in [4.78, 5) is 12.1. The van der Waals surface area contributed by atoms with Crippen LogP contribution in [0.4, 0.5) is 0 Å². The SMILES string of the molecule is COc1c(C)cc(C(=O)C2CC2)c(C)c1C. The monoisotopic (exact) mass is 218 g/mol. The summed E-state index contributed by atoms with van der Waals surface area (Å²) in [5, 5.41) is 0. The summed E-state index contributed by atoms with van der Waals surface area (Å²) in [5.41, 5.74) is 4.10. The van der Waals surface area contributed by atoms with Gasteiger partial charge in [0.2, 0.25) is 0 Å². The molecular formula is C14H18O2. The summed E-state index contributed by atoms with van der Waals surface area (Å²) in [5.74, 6) is 1.50. The maximum absolute atomic E-state index is 12.1. The molecule has 0 aromatic heterocycles. The molecule has 1 aromatic carbocycles. The average molecular weight is 218 g/mol. The van der Waals surface area contributed by atoms with Gasteiger partial charge in [-0.15, -0.1) is 0 Å². The molecule has 1 fully saturated rings. The third-order valence-electron chi connectivity index (χ3n) is 3.44. The van der Waals surface area contributed by atoms with Crippen molar-refractivity contribution in [2.45, 2.75) is 33.6 Å². The van der Waals surface area contributed by atoms with Crippen LogP contribution in [0.3, 0.4) is 0 Å². The Labute approximate surface area is 96.6 Å². The second-order valence-corrected chi connectivity index (χ2v) is 4.66. The first-order valence-electron chi connectivity index (χ1n) is 5.75. The Hall–Kier alpha value is -1.31. The van der Waals surface area contributed by atoms with Gasteiger partial charge in [0.25, 0.3) is 0 Å². The zero-order valence-electron chi connectivity index (χ0n) is 10.4. The van der Waals surface area contributed by atoms with Gasteiger partial charge in [-0.2, -0.15) is 0 Å². The van der Waals surface area contributed by atoms with Crippen LogP contribution in [0.2, 0.25) is 0 Å². The summed E-state index contributed by atoms with van der Waals surface area (Å²) >= 11 is 0. The Kier molecular flexibility index (Phi) is 2.75. The number of carbonyl (C=O) groups is 1. The zero-order valence-corrected chi connectivity index (χ0v) is 10.4. The summed E-state index contributed by atoms with van der Waals surface area (Å²) in [6.45, 7) is 6.02. The number of hydrogen-bond acceptors (Lipinski definition) is 2. The summed E-state index contributed by atoms with van der Waals surface area (Å²) in [7, 11) is 1.68. The van der Waals surface area contributed by atoms with E-state index in [0.717, 1.165) is 40.8 Å². The molecule has 0 atom stereocenters. The van der Waals surface area contributed by atoms with E-state index in [4.69, 9.17) is 4.74 Å². The van der Waals surface area contributed by atoms with E-state index in [0.29, 0.717) is 5.78 Å². The maximum Gasteiger partial charge on any atom is 0.166 e. The zero-order chi connectivity index (χ0) is 11.9. The minimum Gasteiger partial charge on any atom is -0.496 e. The van der Waals surface area contributed by atoms with E-state index >= 15 is 0 Å². The Morgan fingerprint density at radius 1 is 1.25 bits per heavy atom. The fraction of sp³-hybridized carbons (Fsp3) is 0.500. The number of ketones is 1. The maximum atomic E-state index is 12.1. The molecule has 0 bridgehead atoms. The molecule has 0 spiro atoms. The number of hydrogen-bond donors (Lipinski definition) is 0. The van der Waals surface area contributed by atoms with E-state index in [9.17, 15) is 4.79 Å². The standard InChI is InChI=1S/C14H18O2/c1-8-7-12(13(15)11-5-6-11)9(2)10(3)14(8)16-4/h7,11H,5-6H2,1-4H3. The molecule has 1 aromatic rings. The van der Waals surface area contributed by atoms with Crippen LogP contribution in [0.5, 0.6) is 5.75 Å². The molecular weight excluding hydrogens is 200 g/mol. The molecule has 0 N–H and O–H groups in total. The van der Waals surface area contributed by atoms with Gasteiger partial charge in [-0.1, -0.05) is 0 Å². The summed E-state index contributed by atoms with van der Waals surface area (Å²) in [6, 6.07) is 1.97. The van der Waals surface area contributed by atoms with Gasteiger partial charge in [0, 0.05) is 11.5 Å². The number of rotatable bonds is 3. The second-order valence-electron chi connectivity index (χ2n) is 4.66. The largest absolute Gasteiger partial charge is 0.496 e. The molecule has 0 unspecified atom stereocenters. The Bertz CT molecular complexity index is 443. The van der Waals surface area contributed by atoms with Gasteiger partial charge in [-0.25, -0.2) is 0 Å². The Morgan fingerprint density at radius 2 is 1.88 bits per heavy atom. The van der Waals surface area contributed by atoms with Crippen molar-refractivity contribution >= 4 is 5.78 Å². The molecule has 0 amide bonds. The lowest BCUT2D eigenvalue weighted by atomic mass is 9.94. The molecule has 0 saturated heterocycles. The smallest absolute Gasteiger partial charge is 0.166 e. The van der Waals surface area contributed by atoms with Gasteiger partial charge < -0.3 is 4.74 Å². The quantitative estimate of drug-likeness (QED) is 0.728. The van der Waals surface area contributed by atoms with Gasteiger partial charge in [0.05, 0.1) is 7.11 Å². The fourth-order valence-corrected chi connectivity index (χ4v) is 2.19. The van der Waals surface area contributed by atoms with E-state index in [1.165, 1.54) is 0 Å². The van der Waals surface area contributed by atoms with Crippen LogP contribution in [0, 0.1) is 26.7 Å². The topological polar surface area (TPSA) is 26.3 Å². The lowest BCUT2D eigenvalue weighted by molar-refractivity contribution is 0.0967. The Morgan fingerprint density at radius 3 is 2.38 bits per heavy atom. The van der Waals surface area contributed by atoms with Crippen LogP contribution in [0.15, 0.2) is 6.07 Å². The lowest BCUT2D eigenvalue weighted by Crippen LogP contribution is -2.07. The van der Waals surface area contributed by atoms with Crippen LogP contribution in [-0.4, -0.2) is 12.9 Å². The van der Waals surface area contributed by atoms with E-state index < -0.39 is 0 Å². The molecule has 2 rings (SSSR count). The normalized spacial score (nSPS) is 15.0. The molecule has 0 aliphatic heterocycles. The molecule has 1 aliphatic carbocycles. The number of carbonyl (C=O) groups excluding carboxylic acids is 1. The number of Topliss-reactive ketones (excluding diaryl/α,β-unsaturated/α-hetero) is 1. The highest BCUT2D eigenvalue weighted by atomic mass is 16.5. The average Bonchev–Trinajstić information content (AvgIpc) is 3.07. The molecule has 2 heteroatoms. The minimum absolute atomic E-state index is 0.283. The van der Waals surface area contributed by atoms with Gasteiger partial charge >= 0.3 is 0 Å².